The standard InChI is InChI=1S/C22H28N2O2/c1-5-17-7-9-18(10-8-17)11-13-21(25)24-20-14-19(12-6-16(20)4)23-22(26)15(2)3/h6-10,12,14-15H,5,11,13H2,1-4H3,(H,23,26)(H,24,25). The highest BCUT2D eigenvalue weighted by molar-refractivity contribution is 5.95. The van der Waals surface area contributed by atoms with Crippen molar-refractivity contribution in [3.63, 3.8) is 0 Å². The number of hydrogen-bond acceptors (Lipinski definition) is 2. The van der Waals surface area contributed by atoms with E-state index in [2.05, 4.69) is 41.8 Å². The van der Waals surface area contributed by atoms with Crippen LogP contribution in [0.1, 0.15) is 43.9 Å². The van der Waals surface area contributed by atoms with E-state index < -0.39 is 0 Å². The fourth-order valence-corrected chi connectivity index (χ4v) is 2.53. The topological polar surface area (TPSA) is 58.2 Å². The Morgan fingerprint density at radius 3 is 2.23 bits per heavy atom. The first-order valence-corrected chi connectivity index (χ1v) is 9.18. The van der Waals surface area contributed by atoms with Gasteiger partial charge in [0.25, 0.3) is 0 Å². The zero-order chi connectivity index (χ0) is 19.1. The lowest BCUT2D eigenvalue weighted by Gasteiger charge is -2.13. The molecule has 0 heterocycles. The first kappa shape index (κ1) is 19.7. The average Bonchev–Trinajstić information content (AvgIpc) is 2.63. The first-order chi connectivity index (χ1) is 12.4. The summed E-state index contributed by atoms with van der Waals surface area (Å²) in [5, 5.41) is 5.82. The number of hydrogen-bond donors (Lipinski definition) is 2. The third-order valence-electron chi connectivity index (χ3n) is 4.38. The van der Waals surface area contributed by atoms with Crippen molar-refractivity contribution in [1.82, 2.24) is 0 Å². The van der Waals surface area contributed by atoms with Crippen LogP contribution < -0.4 is 10.6 Å². The number of carbonyl (C=O) groups excluding carboxylic acids is 2. The Morgan fingerprint density at radius 1 is 0.962 bits per heavy atom. The molecule has 2 aromatic carbocycles. The van der Waals surface area contributed by atoms with E-state index in [1.165, 1.54) is 5.56 Å². The fraction of sp³-hybridized carbons (Fsp3) is 0.364. The van der Waals surface area contributed by atoms with Gasteiger partial charge in [-0.15, -0.1) is 0 Å². The molecule has 2 rings (SSSR count). The average molecular weight is 352 g/mol. The lowest BCUT2D eigenvalue weighted by molar-refractivity contribution is -0.119. The van der Waals surface area contributed by atoms with Crippen LogP contribution in [0.15, 0.2) is 42.5 Å². The Balaban J connectivity index is 1.95. The normalized spacial score (nSPS) is 10.7. The lowest BCUT2D eigenvalue weighted by Crippen LogP contribution is -2.18. The quantitative estimate of drug-likeness (QED) is 0.757. The summed E-state index contributed by atoms with van der Waals surface area (Å²) in [4.78, 5) is 24.1. The zero-order valence-corrected chi connectivity index (χ0v) is 16.1. The summed E-state index contributed by atoms with van der Waals surface area (Å²) in [6.45, 7) is 7.76. The molecule has 2 N–H and O–H groups in total. The molecule has 26 heavy (non-hydrogen) atoms. The molecular formula is C22H28N2O2. The van der Waals surface area contributed by atoms with E-state index in [1.807, 2.05) is 39.0 Å². The van der Waals surface area contributed by atoms with Crippen LogP contribution in [0.4, 0.5) is 11.4 Å². The molecule has 0 aliphatic heterocycles. The van der Waals surface area contributed by atoms with E-state index in [4.69, 9.17) is 0 Å². The Hall–Kier alpha value is -2.62. The number of rotatable bonds is 7. The van der Waals surface area contributed by atoms with Gasteiger partial charge < -0.3 is 10.6 Å². The molecule has 0 unspecified atom stereocenters. The van der Waals surface area contributed by atoms with Crippen LogP contribution in [-0.2, 0) is 22.4 Å². The van der Waals surface area contributed by atoms with Crippen molar-refractivity contribution in [2.45, 2.75) is 47.0 Å². The second-order valence-electron chi connectivity index (χ2n) is 6.89. The second-order valence-corrected chi connectivity index (χ2v) is 6.89. The van der Waals surface area contributed by atoms with E-state index in [-0.39, 0.29) is 17.7 Å². The SMILES string of the molecule is CCc1ccc(CCC(=O)Nc2cc(NC(=O)C(C)C)ccc2C)cc1. The smallest absolute Gasteiger partial charge is 0.226 e. The largest absolute Gasteiger partial charge is 0.326 e. The molecule has 0 radical (unpaired) electrons. The van der Waals surface area contributed by atoms with E-state index in [1.54, 1.807) is 0 Å². The number of benzene rings is 2. The molecule has 0 atom stereocenters. The molecule has 138 valence electrons. The maximum absolute atomic E-state index is 12.3. The van der Waals surface area contributed by atoms with Crippen molar-refractivity contribution in [1.29, 1.82) is 0 Å². The van der Waals surface area contributed by atoms with E-state index >= 15 is 0 Å². The molecule has 2 aromatic rings. The molecule has 0 fully saturated rings. The van der Waals surface area contributed by atoms with Gasteiger partial charge in [-0.05, 0) is 48.6 Å². The van der Waals surface area contributed by atoms with Gasteiger partial charge in [0, 0.05) is 23.7 Å². The maximum Gasteiger partial charge on any atom is 0.226 e. The molecule has 0 spiro atoms. The van der Waals surface area contributed by atoms with E-state index in [0.29, 0.717) is 18.5 Å². The zero-order valence-electron chi connectivity index (χ0n) is 16.1. The molecule has 4 nitrogen and oxygen atoms in total. The van der Waals surface area contributed by atoms with Crippen LogP contribution in [0.25, 0.3) is 0 Å². The van der Waals surface area contributed by atoms with Crippen molar-refractivity contribution in [2.75, 3.05) is 10.6 Å². The minimum atomic E-state index is -0.0894. The predicted octanol–water partition coefficient (Wildman–Crippen LogP) is 4.72. The Labute approximate surface area is 156 Å². The Bertz CT molecular complexity index is 764. The molecule has 2 amide bonds. The van der Waals surface area contributed by atoms with Gasteiger partial charge in [0.2, 0.25) is 11.8 Å². The number of carbonyl (C=O) groups is 2. The van der Waals surface area contributed by atoms with Crippen molar-refractivity contribution >= 4 is 23.2 Å². The van der Waals surface area contributed by atoms with Gasteiger partial charge >= 0.3 is 0 Å². The number of nitrogens with one attached hydrogen (secondary N) is 2. The number of anilines is 2. The highest BCUT2D eigenvalue weighted by atomic mass is 16.2. The van der Waals surface area contributed by atoms with Gasteiger partial charge in [-0.1, -0.05) is 51.1 Å². The Morgan fingerprint density at radius 2 is 1.62 bits per heavy atom. The lowest BCUT2D eigenvalue weighted by atomic mass is 10.1. The number of amides is 2. The van der Waals surface area contributed by atoms with Gasteiger partial charge in [-0.25, -0.2) is 0 Å². The van der Waals surface area contributed by atoms with Gasteiger partial charge in [-0.3, -0.25) is 9.59 Å². The second kappa shape index (κ2) is 9.18. The summed E-state index contributed by atoms with van der Waals surface area (Å²) in [6.07, 6.45) is 2.15. The van der Waals surface area contributed by atoms with Crippen molar-refractivity contribution in [3.8, 4) is 0 Å². The summed E-state index contributed by atoms with van der Waals surface area (Å²) in [7, 11) is 0. The van der Waals surface area contributed by atoms with Crippen LogP contribution in [-0.4, -0.2) is 11.8 Å². The van der Waals surface area contributed by atoms with E-state index in [9.17, 15) is 9.59 Å². The monoisotopic (exact) mass is 352 g/mol. The first-order valence-electron chi connectivity index (χ1n) is 9.18. The molecule has 0 aliphatic carbocycles. The van der Waals surface area contributed by atoms with Gasteiger partial charge in [0.1, 0.15) is 0 Å². The molecule has 0 bridgehead atoms. The Kier molecular flexibility index (Phi) is 6.96. The van der Waals surface area contributed by atoms with Gasteiger partial charge in [0.05, 0.1) is 0 Å². The minimum Gasteiger partial charge on any atom is -0.326 e. The van der Waals surface area contributed by atoms with Crippen LogP contribution in [0.3, 0.4) is 0 Å². The van der Waals surface area contributed by atoms with Crippen LogP contribution >= 0.6 is 0 Å². The van der Waals surface area contributed by atoms with Crippen molar-refractivity contribution in [2.24, 2.45) is 5.92 Å². The minimum absolute atomic E-state index is 0.0278. The fourth-order valence-electron chi connectivity index (χ4n) is 2.53. The molecule has 4 heteroatoms. The molecular weight excluding hydrogens is 324 g/mol. The van der Waals surface area contributed by atoms with Gasteiger partial charge in [0.15, 0.2) is 0 Å². The van der Waals surface area contributed by atoms with Gasteiger partial charge in [-0.2, -0.15) is 0 Å². The summed E-state index contributed by atoms with van der Waals surface area (Å²) < 4.78 is 0. The molecule has 0 aromatic heterocycles. The third kappa shape index (κ3) is 5.73. The predicted molar refractivity (Wildman–Crippen MR) is 107 cm³/mol. The van der Waals surface area contributed by atoms with Crippen LogP contribution in [0.5, 0.6) is 0 Å². The van der Waals surface area contributed by atoms with Crippen molar-refractivity contribution in [3.05, 3.63) is 59.2 Å². The summed E-state index contributed by atoms with van der Waals surface area (Å²) >= 11 is 0. The van der Waals surface area contributed by atoms with Crippen LogP contribution in [0, 0.1) is 12.8 Å². The highest BCUT2D eigenvalue weighted by Gasteiger charge is 2.10. The molecule has 0 aliphatic rings. The summed E-state index contributed by atoms with van der Waals surface area (Å²) in [5.74, 6) is -0.157. The van der Waals surface area contributed by atoms with Crippen LogP contribution in [0.2, 0.25) is 0 Å². The third-order valence-corrected chi connectivity index (χ3v) is 4.38. The maximum atomic E-state index is 12.3. The molecule has 0 saturated carbocycles. The molecule has 0 saturated heterocycles. The summed E-state index contributed by atoms with van der Waals surface area (Å²) in [5.41, 5.74) is 4.85. The highest BCUT2D eigenvalue weighted by Crippen LogP contribution is 2.21. The number of aryl methyl sites for hydroxylation is 3. The van der Waals surface area contributed by atoms with E-state index in [0.717, 1.165) is 23.2 Å². The van der Waals surface area contributed by atoms with Crippen molar-refractivity contribution < 1.29 is 9.59 Å². The summed E-state index contributed by atoms with van der Waals surface area (Å²) in [6, 6.07) is 13.9.